The van der Waals surface area contributed by atoms with E-state index in [2.05, 4.69) is 26.0 Å². The molecule has 2 atom stereocenters. The molecule has 8 heteroatoms. The van der Waals surface area contributed by atoms with Gasteiger partial charge in [0.15, 0.2) is 0 Å². The van der Waals surface area contributed by atoms with Crippen LogP contribution in [0.25, 0.3) is 0 Å². The number of rotatable bonds is 32. The van der Waals surface area contributed by atoms with Gasteiger partial charge in [0.05, 0.1) is 0 Å². The van der Waals surface area contributed by atoms with Crippen molar-refractivity contribution in [2.45, 2.75) is 207 Å². The molecule has 0 aliphatic rings. The first-order valence-corrected chi connectivity index (χ1v) is 20.0. The minimum atomic E-state index is -4.67. The van der Waals surface area contributed by atoms with Gasteiger partial charge in [-0.2, -0.15) is 15.3 Å². The van der Waals surface area contributed by atoms with Gasteiger partial charge in [-0.15, -0.1) is 0 Å². The number of ketones is 1. The number of carbonyl (C=O) groups excluding carboxylic acids is 1. The molecule has 4 N–H and O–H groups in total. The van der Waals surface area contributed by atoms with Gasteiger partial charge in [0.1, 0.15) is 5.78 Å². The third-order valence-electron chi connectivity index (χ3n) is 8.56. The molecular formula is C37H74NNaO5S. The molecule has 0 amide bonds. The van der Waals surface area contributed by atoms with Crippen molar-refractivity contribution in [1.29, 1.82) is 0 Å². The average Bonchev–Trinajstić information content (AvgIpc) is 2.98. The quantitative estimate of drug-likeness (QED) is 0.0217. The number of unbranched alkanes of at least 4 members (excludes halogenated alkanes) is 23. The summed E-state index contributed by atoms with van der Waals surface area (Å²) in [6.45, 7) is 6.49. The number of nitrogens with two attached hydrogens (primary N) is 1. The smallest absolute Gasteiger partial charge is 0.350 e. The summed E-state index contributed by atoms with van der Waals surface area (Å²) in [6.07, 6.45) is 43.8. The largest absolute Gasteiger partial charge is 1.00 e. The van der Waals surface area contributed by atoms with Gasteiger partial charge in [0.25, 0.3) is 0 Å². The number of allylic oxidation sites excluding steroid dienone is 2. The minimum Gasteiger partial charge on any atom is -0.350 e. The van der Waals surface area contributed by atoms with Crippen LogP contribution in [0.4, 0.5) is 0 Å². The topological polar surface area (TPSA) is 118 Å². The summed E-state index contributed by atoms with van der Waals surface area (Å²) in [5.41, 5.74) is 6.10. The standard InChI is InChI=1S/C37H72NO.Na.H2O4S/c1-4-7-9-11-13-15-17-19-20-21-22-24-26-28-30-32-34-35(37(39)36(38)6-3)33-31-29-27-25-23-18-16-14-12-10-8-5-2;;1-5(2,3)4/h6,19-20,35-36H,4-5,7-18,21-34,38H2,1-3H3;;(H2,1,2,3,4)/q-1;+1;/b20-19-;;. The summed E-state index contributed by atoms with van der Waals surface area (Å²) in [5, 5.41) is 0. The second kappa shape index (κ2) is 38.7. The number of Topliss-reactive ketones (excluding diaryl/α,β-unsaturated/α-hetero) is 1. The van der Waals surface area contributed by atoms with Crippen LogP contribution < -0.4 is 35.3 Å². The Morgan fingerprint density at radius 3 is 1.16 bits per heavy atom. The maximum Gasteiger partial charge on any atom is 1.00 e. The number of carbonyl (C=O) groups is 1. The molecule has 0 spiro atoms. The Morgan fingerprint density at radius 1 is 0.600 bits per heavy atom. The van der Waals surface area contributed by atoms with Crippen molar-refractivity contribution in [3.05, 3.63) is 18.6 Å². The monoisotopic (exact) mass is 668 g/mol. The van der Waals surface area contributed by atoms with Crippen LogP contribution in [0.3, 0.4) is 0 Å². The summed E-state index contributed by atoms with van der Waals surface area (Å²) in [5.74, 6) is 0.462. The van der Waals surface area contributed by atoms with E-state index in [1.165, 1.54) is 167 Å². The first-order chi connectivity index (χ1) is 21.2. The zero-order valence-corrected chi connectivity index (χ0v) is 33.1. The normalized spacial score (nSPS) is 12.8. The van der Waals surface area contributed by atoms with Crippen molar-refractivity contribution in [3.8, 4) is 0 Å². The molecule has 45 heavy (non-hydrogen) atoms. The maximum absolute atomic E-state index is 12.8. The molecule has 0 saturated heterocycles. The molecule has 0 aliphatic heterocycles. The van der Waals surface area contributed by atoms with Gasteiger partial charge in [-0.3, -0.25) is 9.11 Å². The predicted molar refractivity (Wildman–Crippen MR) is 190 cm³/mol. The van der Waals surface area contributed by atoms with Gasteiger partial charge < -0.3 is 16.9 Å². The van der Waals surface area contributed by atoms with E-state index in [1.807, 2.05) is 13.3 Å². The second-order valence-corrected chi connectivity index (χ2v) is 13.7. The molecule has 0 aromatic rings. The van der Waals surface area contributed by atoms with Crippen LogP contribution >= 0.6 is 0 Å². The fraction of sp³-hybridized carbons (Fsp3) is 0.892. The Labute approximate surface area is 303 Å². The van der Waals surface area contributed by atoms with Crippen molar-refractivity contribution in [3.63, 3.8) is 0 Å². The fourth-order valence-corrected chi connectivity index (χ4v) is 5.74. The van der Waals surface area contributed by atoms with Crippen LogP contribution in [0, 0.1) is 12.3 Å². The van der Waals surface area contributed by atoms with Crippen LogP contribution in [0.1, 0.15) is 201 Å². The summed E-state index contributed by atoms with van der Waals surface area (Å²) in [7, 11) is -4.67. The van der Waals surface area contributed by atoms with E-state index in [0.717, 1.165) is 12.8 Å². The average molecular weight is 668 g/mol. The molecule has 0 radical (unpaired) electrons. The zero-order chi connectivity index (χ0) is 33.2. The molecule has 0 saturated carbocycles. The molecule has 0 aliphatic carbocycles. The van der Waals surface area contributed by atoms with Crippen LogP contribution in [-0.4, -0.2) is 29.3 Å². The Kier molecular flexibility index (Phi) is 42.7. The van der Waals surface area contributed by atoms with Crippen LogP contribution in [0.15, 0.2) is 12.2 Å². The Balaban J connectivity index is -0.00000270. The molecule has 6 nitrogen and oxygen atoms in total. The van der Waals surface area contributed by atoms with E-state index >= 15 is 0 Å². The van der Waals surface area contributed by atoms with E-state index in [9.17, 15) is 4.79 Å². The number of hydrogen-bond donors (Lipinski definition) is 3. The molecule has 0 heterocycles. The third-order valence-corrected chi connectivity index (χ3v) is 8.56. The van der Waals surface area contributed by atoms with E-state index in [-0.39, 0.29) is 47.3 Å². The van der Waals surface area contributed by atoms with E-state index in [4.69, 9.17) is 23.3 Å². The second-order valence-electron chi connectivity index (χ2n) is 12.8. The minimum absolute atomic E-state index is 0. The molecule has 0 fully saturated rings. The van der Waals surface area contributed by atoms with Crippen LogP contribution in [-0.2, 0) is 15.2 Å². The Hall–Kier alpha value is 0.240. The van der Waals surface area contributed by atoms with Gasteiger partial charge in [-0.25, -0.2) is 0 Å². The first kappa shape index (κ1) is 49.6. The summed E-state index contributed by atoms with van der Waals surface area (Å²) in [6, 6.07) is -0.374. The molecule has 0 rings (SSSR count). The van der Waals surface area contributed by atoms with E-state index in [0.29, 0.717) is 0 Å². The van der Waals surface area contributed by atoms with Gasteiger partial charge in [0, 0.05) is 5.92 Å². The molecule has 0 aromatic carbocycles. The van der Waals surface area contributed by atoms with E-state index in [1.54, 1.807) is 0 Å². The SMILES string of the molecule is C[CH-]C(N)C(=O)C(CCCCCCCC/C=C\CCCCCCCC)CCCCCCCCCCCCCC.O=S(=O)(O)O.[Na+]. The first-order valence-electron chi connectivity index (χ1n) is 18.6. The molecule has 2 unspecified atom stereocenters. The van der Waals surface area contributed by atoms with Gasteiger partial charge in [-0.1, -0.05) is 173 Å². The Bertz CT molecular complexity index is 724. The van der Waals surface area contributed by atoms with Gasteiger partial charge in [0.2, 0.25) is 0 Å². The third kappa shape index (κ3) is 44.2. The van der Waals surface area contributed by atoms with Crippen molar-refractivity contribution >= 4 is 16.2 Å². The van der Waals surface area contributed by atoms with Gasteiger partial charge in [-0.05, 0) is 38.5 Å². The molecule has 0 aromatic heterocycles. The van der Waals surface area contributed by atoms with Crippen molar-refractivity contribution in [2.24, 2.45) is 11.7 Å². The predicted octanol–water partition coefficient (Wildman–Crippen LogP) is 8.59. The van der Waals surface area contributed by atoms with Crippen LogP contribution in [0.2, 0.25) is 0 Å². The summed E-state index contributed by atoms with van der Waals surface area (Å²) in [4.78, 5) is 12.8. The fourth-order valence-electron chi connectivity index (χ4n) is 5.74. The van der Waals surface area contributed by atoms with E-state index < -0.39 is 10.4 Å². The molecular weight excluding hydrogens is 593 g/mol. The van der Waals surface area contributed by atoms with Crippen molar-refractivity contribution in [2.75, 3.05) is 0 Å². The van der Waals surface area contributed by atoms with Crippen LogP contribution in [0.5, 0.6) is 0 Å². The molecule has 264 valence electrons. The number of hydrogen-bond acceptors (Lipinski definition) is 4. The van der Waals surface area contributed by atoms with Crippen molar-refractivity contribution in [1.82, 2.24) is 0 Å². The Morgan fingerprint density at radius 2 is 0.867 bits per heavy atom. The molecule has 0 bridgehead atoms. The summed E-state index contributed by atoms with van der Waals surface area (Å²) < 4.78 is 31.6. The summed E-state index contributed by atoms with van der Waals surface area (Å²) >= 11 is 0. The maximum atomic E-state index is 12.8. The zero-order valence-electron chi connectivity index (χ0n) is 30.3. The van der Waals surface area contributed by atoms with Gasteiger partial charge >= 0.3 is 40.0 Å². The van der Waals surface area contributed by atoms with Crippen molar-refractivity contribution < 1.29 is 51.9 Å².